The molecule has 1 aromatic heterocycles. The lowest BCUT2D eigenvalue weighted by Crippen LogP contribution is -2.44. The molecule has 1 atom stereocenters. The summed E-state index contributed by atoms with van der Waals surface area (Å²) in [4.78, 5) is 38.5. The van der Waals surface area contributed by atoms with Gasteiger partial charge in [-0.1, -0.05) is 18.2 Å². The number of aromatic amines is 1. The van der Waals surface area contributed by atoms with E-state index in [1.54, 1.807) is 29.2 Å². The molecule has 28 heavy (non-hydrogen) atoms. The smallest absolute Gasteiger partial charge is 0.359 e. The van der Waals surface area contributed by atoms with Crippen LogP contribution < -0.4 is 5.56 Å². The Bertz CT molecular complexity index is 1110. The summed E-state index contributed by atoms with van der Waals surface area (Å²) in [6.07, 6.45) is 2.05. The van der Waals surface area contributed by atoms with Crippen molar-refractivity contribution in [3.8, 4) is 0 Å². The predicted molar refractivity (Wildman–Crippen MR) is 99.6 cm³/mol. The third-order valence-corrected chi connectivity index (χ3v) is 6.80. The summed E-state index contributed by atoms with van der Waals surface area (Å²) in [7, 11) is -3.13. The van der Waals surface area contributed by atoms with Crippen molar-refractivity contribution < 1.29 is 22.7 Å². The molecule has 9 nitrogen and oxygen atoms in total. The van der Waals surface area contributed by atoms with Gasteiger partial charge in [0.05, 0.1) is 16.9 Å². The highest BCUT2D eigenvalue weighted by atomic mass is 32.2. The van der Waals surface area contributed by atoms with Gasteiger partial charge in [0, 0.05) is 17.5 Å². The second-order valence-electron chi connectivity index (χ2n) is 7.11. The normalized spacial score (nSPS) is 20.8. The van der Waals surface area contributed by atoms with Crippen molar-refractivity contribution in [1.29, 1.82) is 0 Å². The molecule has 1 aliphatic heterocycles. The zero-order chi connectivity index (χ0) is 19.9. The van der Waals surface area contributed by atoms with E-state index < -0.39 is 33.9 Å². The molecule has 0 bridgehead atoms. The molecule has 2 heterocycles. The van der Waals surface area contributed by atoms with Gasteiger partial charge in [0.25, 0.3) is 11.5 Å². The number of aromatic nitrogens is 2. The summed E-state index contributed by atoms with van der Waals surface area (Å²) in [5.41, 5.74) is -0.505. The van der Waals surface area contributed by atoms with E-state index in [0.717, 1.165) is 12.8 Å². The molecule has 1 aromatic carbocycles. The zero-order valence-corrected chi connectivity index (χ0v) is 15.8. The topological polar surface area (TPSA) is 126 Å². The molecule has 0 unspecified atom stereocenters. The Morgan fingerprint density at radius 2 is 1.86 bits per heavy atom. The molecule has 10 heteroatoms. The van der Waals surface area contributed by atoms with Gasteiger partial charge in [0.15, 0.2) is 22.1 Å². The highest BCUT2D eigenvalue weighted by Crippen LogP contribution is 2.32. The van der Waals surface area contributed by atoms with Crippen LogP contribution in [0.3, 0.4) is 0 Å². The second kappa shape index (κ2) is 7.01. The van der Waals surface area contributed by atoms with E-state index in [1.807, 2.05) is 0 Å². The molecule has 4 rings (SSSR count). The number of hydrogen-bond donors (Lipinski definition) is 1. The average molecular weight is 405 g/mol. The van der Waals surface area contributed by atoms with E-state index in [9.17, 15) is 22.8 Å². The summed E-state index contributed by atoms with van der Waals surface area (Å²) in [6, 6.07) is 6.12. The molecular formula is C18H19N3O6S. The van der Waals surface area contributed by atoms with Crippen LogP contribution in [-0.2, 0) is 19.4 Å². The van der Waals surface area contributed by atoms with Crippen molar-refractivity contribution in [3.05, 3.63) is 40.3 Å². The lowest BCUT2D eigenvalue weighted by molar-refractivity contribution is -0.137. The summed E-state index contributed by atoms with van der Waals surface area (Å²) in [5, 5.41) is 6.64. The summed E-state index contributed by atoms with van der Waals surface area (Å²) < 4.78 is 28.7. The number of amides is 1. The molecule has 1 saturated carbocycles. The van der Waals surface area contributed by atoms with Crippen molar-refractivity contribution in [3.63, 3.8) is 0 Å². The minimum Gasteiger partial charge on any atom is -0.451 e. The summed E-state index contributed by atoms with van der Waals surface area (Å²) in [6.45, 7) is -0.499. The number of fused-ring (bicyclic) bond motifs is 1. The fraction of sp³-hybridized carbons (Fsp3) is 0.444. The van der Waals surface area contributed by atoms with Crippen LogP contribution in [0.2, 0.25) is 0 Å². The number of nitrogens with zero attached hydrogens (tertiary/aromatic N) is 2. The van der Waals surface area contributed by atoms with E-state index in [0.29, 0.717) is 17.2 Å². The van der Waals surface area contributed by atoms with Gasteiger partial charge in [0.1, 0.15) is 0 Å². The van der Waals surface area contributed by atoms with Crippen molar-refractivity contribution in [1.82, 2.24) is 15.1 Å². The Morgan fingerprint density at radius 3 is 2.50 bits per heavy atom. The Kier molecular flexibility index (Phi) is 4.66. The Balaban J connectivity index is 1.48. The first-order valence-electron chi connectivity index (χ1n) is 9.02. The maximum absolute atomic E-state index is 12.7. The first kappa shape index (κ1) is 18.6. The number of ether oxygens (including phenoxy) is 1. The lowest BCUT2D eigenvalue weighted by Gasteiger charge is -2.28. The van der Waals surface area contributed by atoms with Crippen LogP contribution in [0.15, 0.2) is 29.1 Å². The fourth-order valence-electron chi connectivity index (χ4n) is 3.59. The van der Waals surface area contributed by atoms with E-state index in [1.165, 1.54) is 0 Å². The van der Waals surface area contributed by atoms with Crippen LogP contribution in [0, 0.1) is 0 Å². The number of H-pyrrole nitrogens is 1. The van der Waals surface area contributed by atoms with Crippen LogP contribution in [-0.4, -0.2) is 65.6 Å². The Labute approximate surface area is 160 Å². The number of carbonyl (C=O) groups is 2. The minimum absolute atomic E-state index is 0.0107. The number of benzene rings is 1. The SMILES string of the molecule is O=C(OCC(=O)N(C1CC1)[C@@H]1CCS(=O)(=O)C1)c1n[nH]c(=O)c2ccccc12. The van der Waals surface area contributed by atoms with Crippen LogP contribution in [0.5, 0.6) is 0 Å². The molecule has 0 radical (unpaired) electrons. The van der Waals surface area contributed by atoms with E-state index in [2.05, 4.69) is 10.2 Å². The van der Waals surface area contributed by atoms with Gasteiger partial charge >= 0.3 is 5.97 Å². The predicted octanol–water partition coefficient (Wildman–Crippen LogP) is 0.258. The molecule has 1 aliphatic carbocycles. The molecule has 1 amide bonds. The van der Waals surface area contributed by atoms with Gasteiger partial charge in [-0.2, -0.15) is 5.10 Å². The van der Waals surface area contributed by atoms with Gasteiger partial charge in [0.2, 0.25) is 0 Å². The summed E-state index contributed by atoms with van der Waals surface area (Å²) in [5.74, 6) is -1.21. The highest BCUT2D eigenvalue weighted by Gasteiger charge is 2.42. The Morgan fingerprint density at radius 1 is 1.14 bits per heavy atom. The first-order chi connectivity index (χ1) is 13.4. The van der Waals surface area contributed by atoms with Crippen molar-refractivity contribution in [2.45, 2.75) is 31.3 Å². The molecule has 148 valence electrons. The molecule has 2 aromatic rings. The van der Waals surface area contributed by atoms with E-state index in [-0.39, 0.29) is 29.3 Å². The number of sulfone groups is 1. The molecule has 1 N–H and O–H groups in total. The molecule has 1 saturated heterocycles. The number of rotatable bonds is 5. The minimum atomic E-state index is -3.13. The number of esters is 1. The third-order valence-electron chi connectivity index (χ3n) is 5.05. The van der Waals surface area contributed by atoms with Crippen molar-refractivity contribution in [2.24, 2.45) is 0 Å². The largest absolute Gasteiger partial charge is 0.451 e. The molecule has 0 spiro atoms. The van der Waals surface area contributed by atoms with Gasteiger partial charge in [-0.25, -0.2) is 18.3 Å². The maximum atomic E-state index is 12.7. The quantitative estimate of drug-likeness (QED) is 0.707. The van der Waals surface area contributed by atoms with Crippen LogP contribution in [0.4, 0.5) is 0 Å². The number of nitrogens with one attached hydrogen (secondary N) is 1. The molecule has 2 fully saturated rings. The van der Waals surface area contributed by atoms with E-state index >= 15 is 0 Å². The van der Waals surface area contributed by atoms with E-state index in [4.69, 9.17) is 4.74 Å². The van der Waals surface area contributed by atoms with Gasteiger partial charge < -0.3 is 9.64 Å². The first-order valence-corrected chi connectivity index (χ1v) is 10.8. The van der Waals surface area contributed by atoms with Crippen LogP contribution in [0.1, 0.15) is 29.8 Å². The monoisotopic (exact) mass is 405 g/mol. The van der Waals surface area contributed by atoms with Crippen LogP contribution >= 0.6 is 0 Å². The average Bonchev–Trinajstić information content (AvgIpc) is 3.43. The molecular weight excluding hydrogens is 386 g/mol. The fourth-order valence-corrected chi connectivity index (χ4v) is 5.30. The third kappa shape index (κ3) is 3.64. The second-order valence-corrected chi connectivity index (χ2v) is 9.34. The highest BCUT2D eigenvalue weighted by molar-refractivity contribution is 7.91. The van der Waals surface area contributed by atoms with Gasteiger partial charge in [-0.15, -0.1) is 0 Å². The van der Waals surface area contributed by atoms with Gasteiger partial charge in [-0.05, 0) is 25.3 Å². The van der Waals surface area contributed by atoms with Gasteiger partial charge in [-0.3, -0.25) is 9.59 Å². The Hall–Kier alpha value is -2.75. The maximum Gasteiger partial charge on any atom is 0.359 e. The standard InChI is InChI=1S/C18H19N3O6S/c22-15(21(11-5-6-11)12-7-8-28(25,26)10-12)9-27-18(24)16-13-3-1-2-4-14(13)17(23)20-19-16/h1-4,11-12H,5-10H2,(H,20,23)/t12-/m1/s1. The number of carbonyl (C=O) groups excluding carboxylic acids is 2. The lowest BCUT2D eigenvalue weighted by atomic mass is 10.1. The van der Waals surface area contributed by atoms with Crippen LogP contribution in [0.25, 0.3) is 10.8 Å². The van der Waals surface area contributed by atoms with Crippen molar-refractivity contribution in [2.75, 3.05) is 18.1 Å². The summed E-state index contributed by atoms with van der Waals surface area (Å²) >= 11 is 0. The number of hydrogen-bond acceptors (Lipinski definition) is 7. The zero-order valence-electron chi connectivity index (χ0n) is 15.0. The van der Waals surface area contributed by atoms with Crippen molar-refractivity contribution >= 4 is 32.5 Å². The molecule has 2 aliphatic rings.